The third kappa shape index (κ3) is 14.5. The summed E-state index contributed by atoms with van der Waals surface area (Å²) in [6.07, 6.45) is 8.99. The van der Waals surface area contributed by atoms with E-state index in [1.54, 1.807) is 0 Å². The Labute approximate surface area is 120 Å². The van der Waals surface area contributed by atoms with Crippen LogP contribution < -0.4 is 18.9 Å². The van der Waals surface area contributed by atoms with Gasteiger partial charge in [-0.25, -0.2) is 0 Å². The van der Waals surface area contributed by atoms with Crippen molar-refractivity contribution in [2.45, 2.75) is 71.5 Å². The Morgan fingerprint density at radius 3 is 1.82 bits per heavy atom. The minimum absolute atomic E-state index is 0. The summed E-state index contributed by atoms with van der Waals surface area (Å²) in [5.41, 5.74) is 0. The Balaban J connectivity index is 0. The van der Waals surface area contributed by atoms with Crippen molar-refractivity contribution >= 4 is 0 Å². The molecule has 0 aromatic carbocycles. The second-order valence-electron chi connectivity index (χ2n) is 4.23. The molecule has 0 aromatic rings. The molecule has 0 fully saturated rings. The van der Waals surface area contributed by atoms with Crippen molar-refractivity contribution in [2.24, 2.45) is 0 Å². The zero-order valence-electron chi connectivity index (χ0n) is 12.2. The van der Waals surface area contributed by atoms with Gasteiger partial charge < -0.3 is 16.4 Å². The van der Waals surface area contributed by atoms with Crippen LogP contribution in [0.4, 0.5) is 0 Å². The number of rotatable bonds is 12. The first-order valence-electron chi connectivity index (χ1n) is 6.87. The summed E-state index contributed by atoms with van der Waals surface area (Å²) in [6, 6.07) is 0. The van der Waals surface area contributed by atoms with E-state index < -0.39 is 0 Å². The zero-order chi connectivity index (χ0) is 12.1. The van der Waals surface area contributed by atoms with Gasteiger partial charge in [0.15, 0.2) is 6.29 Å². The van der Waals surface area contributed by atoms with Crippen LogP contribution >= 0.6 is 0 Å². The van der Waals surface area contributed by atoms with Gasteiger partial charge in [0, 0.05) is 13.2 Å². The molecule has 0 N–H and O–H groups in total. The molecular formula is C14H29LiO2. The molecule has 0 heterocycles. The van der Waals surface area contributed by atoms with Gasteiger partial charge in [-0.2, -0.15) is 6.42 Å². The van der Waals surface area contributed by atoms with Gasteiger partial charge in [-0.1, -0.05) is 39.5 Å². The van der Waals surface area contributed by atoms with Crippen LogP contribution in [-0.2, 0) is 9.47 Å². The number of hydrogen-bond donors (Lipinski definition) is 0. The molecule has 0 spiro atoms. The molecule has 0 atom stereocenters. The van der Waals surface area contributed by atoms with Crippen molar-refractivity contribution in [3.63, 3.8) is 0 Å². The van der Waals surface area contributed by atoms with Crippen molar-refractivity contribution in [2.75, 3.05) is 13.2 Å². The van der Waals surface area contributed by atoms with Gasteiger partial charge >= 0.3 is 18.9 Å². The number of unbranched alkanes of at least 4 members (excludes halogenated alkanes) is 4. The quantitative estimate of drug-likeness (QED) is 0.220. The van der Waals surface area contributed by atoms with Gasteiger partial charge in [-0.05, 0) is 19.3 Å². The van der Waals surface area contributed by atoms with Crippen LogP contribution in [0.5, 0.6) is 0 Å². The Kier molecular flexibility index (Phi) is 19.3. The number of ether oxygens (including phenoxy) is 2. The van der Waals surface area contributed by atoms with E-state index in [1.165, 1.54) is 19.3 Å². The standard InChI is InChI=1S/C14H29O2.Li/c1-4-7-10-11-14(15-12-8-5-2)16-13-9-6-3;/h14H,1,4-13H2,2-3H3;/q-1;+1. The molecule has 0 aliphatic rings. The third-order valence-electron chi connectivity index (χ3n) is 2.54. The third-order valence-corrected chi connectivity index (χ3v) is 2.54. The molecule has 17 heavy (non-hydrogen) atoms. The predicted molar refractivity (Wildman–Crippen MR) is 69.3 cm³/mol. The zero-order valence-corrected chi connectivity index (χ0v) is 12.2. The smallest absolute Gasteiger partial charge is 0.353 e. The topological polar surface area (TPSA) is 18.5 Å². The average Bonchev–Trinajstić information content (AvgIpc) is 2.29. The summed E-state index contributed by atoms with van der Waals surface area (Å²) in [7, 11) is 0. The Hall–Kier alpha value is 0.517. The van der Waals surface area contributed by atoms with Crippen LogP contribution in [0.2, 0.25) is 0 Å². The van der Waals surface area contributed by atoms with Crippen LogP contribution in [0.25, 0.3) is 0 Å². The van der Waals surface area contributed by atoms with Gasteiger partial charge in [-0.15, -0.1) is 0 Å². The maximum atomic E-state index is 5.73. The van der Waals surface area contributed by atoms with Crippen LogP contribution in [0.3, 0.4) is 0 Å². The molecule has 0 amide bonds. The Bertz CT molecular complexity index is 108. The largest absolute Gasteiger partial charge is 1.00 e. The maximum Gasteiger partial charge on any atom is 1.00 e. The van der Waals surface area contributed by atoms with E-state index in [2.05, 4.69) is 20.8 Å². The first-order chi connectivity index (χ1) is 7.85. The fourth-order valence-electron chi connectivity index (χ4n) is 1.42. The normalized spacial score (nSPS) is 10.6. The monoisotopic (exact) mass is 236 g/mol. The van der Waals surface area contributed by atoms with E-state index >= 15 is 0 Å². The molecule has 2 nitrogen and oxygen atoms in total. The summed E-state index contributed by atoms with van der Waals surface area (Å²) in [4.78, 5) is 0. The minimum atomic E-state index is 0. The summed E-state index contributed by atoms with van der Waals surface area (Å²) in [5.74, 6) is 0. The fourth-order valence-corrected chi connectivity index (χ4v) is 1.42. The fraction of sp³-hybridized carbons (Fsp3) is 0.929. The van der Waals surface area contributed by atoms with Gasteiger partial charge in [-0.3, -0.25) is 0 Å². The average molecular weight is 236 g/mol. The Morgan fingerprint density at radius 2 is 1.41 bits per heavy atom. The van der Waals surface area contributed by atoms with Crippen molar-refractivity contribution < 1.29 is 28.3 Å². The summed E-state index contributed by atoms with van der Waals surface area (Å²) < 4.78 is 11.5. The summed E-state index contributed by atoms with van der Waals surface area (Å²) in [5, 5.41) is 0. The van der Waals surface area contributed by atoms with Gasteiger partial charge in [0.2, 0.25) is 0 Å². The molecule has 0 bridgehead atoms. The molecule has 0 aromatic heterocycles. The van der Waals surface area contributed by atoms with Gasteiger partial charge in [0.05, 0.1) is 0 Å². The molecular weight excluding hydrogens is 207 g/mol. The van der Waals surface area contributed by atoms with E-state index in [0.29, 0.717) is 0 Å². The predicted octanol–water partition coefficient (Wildman–Crippen LogP) is 1.34. The van der Waals surface area contributed by atoms with Crippen molar-refractivity contribution in [3.05, 3.63) is 6.92 Å². The molecule has 0 rings (SSSR count). The van der Waals surface area contributed by atoms with Gasteiger partial charge in [0.1, 0.15) is 0 Å². The van der Waals surface area contributed by atoms with Crippen molar-refractivity contribution in [1.82, 2.24) is 0 Å². The molecule has 98 valence electrons. The van der Waals surface area contributed by atoms with E-state index in [-0.39, 0.29) is 25.2 Å². The molecule has 0 radical (unpaired) electrons. The summed E-state index contributed by atoms with van der Waals surface area (Å²) in [6.45, 7) is 9.87. The second-order valence-corrected chi connectivity index (χ2v) is 4.23. The first-order valence-corrected chi connectivity index (χ1v) is 6.87. The van der Waals surface area contributed by atoms with Gasteiger partial charge in [0.25, 0.3) is 0 Å². The van der Waals surface area contributed by atoms with E-state index in [1.807, 2.05) is 0 Å². The van der Waals surface area contributed by atoms with E-state index in [4.69, 9.17) is 9.47 Å². The van der Waals surface area contributed by atoms with Crippen molar-refractivity contribution in [1.29, 1.82) is 0 Å². The van der Waals surface area contributed by atoms with E-state index in [9.17, 15) is 0 Å². The molecule has 0 aliphatic carbocycles. The Morgan fingerprint density at radius 1 is 0.882 bits per heavy atom. The van der Waals surface area contributed by atoms with E-state index in [0.717, 1.165) is 45.3 Å². The molecule has 0 saturated heterocycles. The first kappa shape index (κ1) is 19.8. The summed E-state index contributed by atoms with van der Waals surface area (Å²) >= 11 is 0. The van der Waals surface area contributed by atoms with Crippen LogP contribution in [0, 0.1) is 6.92 Å². The van der Waals surface area contributed by atoms with Crippen LogP contribution in [-0.4, -0.2) is 19.5 Å². The number of hydrogen-bond acceptors (Lipinski definition) is 2. The maximum absolute atomic E-state index is 5.73. The second kappa shape index (κ2) is 16.5. The van der Waals surface area contributed by atoms with Crippen LogP contribution in [0.1, 0.15) is 65.2 Å². The van der Waals surface area contributed by atoms with Crippen LogP contribution in [0.15, 0.2) is 0 Å². The minimum Gasteiger partial charge on any atom is -0.353 e. The molecule has 3 heteroatoms. The molecule has 0 aliphatic heterocycles. The van der Waals surface area contributed by atoms with Crippen molar-refractivity contribution in [3.8, 4) is 0 Å². The molecule has 0 saturated carbocycles. The SMILES string of the molecule is [CH2-]CCCCC(OCCCC)OCCCC.[Li+]. The molecule has 0 unspecified atom stereocenters.